The molecule has 23 heavy (non-hydrogen) atoms. The van der Waals surface area contributed by atoms with Crippen LogP contribution in [0.4, 0.5) is 0 Å². The molecule has 0 atom stereocenters. The van der Waals surface area contributed by atoms with E-state index in [9.17, 15) is 14.4 Å². The number of thiophene rings is 1. The van der Waals surface area contributed by atoms with Crippen molar-refractivity contribution in [1.29, 1.82) is 0 Å². The second-order valence-electron chi connectivity index (χ2n) is 5.45. The normalized spacial score (nSPS) is 13.7. The Hall–Kier alpha value is -2.48. The molecule has 1 aliphatic heterocycles. The molecular weight excluding hydrogens is 318 g/mol. The molecule has 0 saturated carbocycles. The Balaban J connectivity index is 1.69. The molecule has 7 nitrogen and oxygen atoms in total. The number of nitrogens with one attached hydrogen (secondary N) is 1. The Bertz CT molecular complexity index is 792. The molecule has 1 aliphatic rings. The first kappa shape index (κ1) is 15.4. The minimum atomic E-state index is -1.06. The van der Waals surface area contributed by atoms with Gasteiger partial charge in [-0.2, -0.15) is 5.10 Å². The Morgan fingerprint density at radius 2 is 2.22 bits per heavy atom. The third-order valence-electron chi connectivity index (χ3n) is 3.84. The summed E-state index contributed by atoms with van der Waals surface area (Å²) in [5, 5.41) is 17.4. The van der Waals surface area contributed by atoms with Gasteiger partial charge in [0.1, 0.15) is 0 Å². The lowest BCUT2D eigenvalue weighted by atomic mass is 10.0. The third-order valence-corrected chi connectivity index (χ3v) is 4.92. The fourth-order valence-corrected chi connectivity index (χ4v) is 3.46. The number of amides is 1. The summed E-state index contributed by atoms with van der Waals surface area (Å²) >= 11 is 1.34. The fourth-order valence-electron chi connectivity index (χ4n) is 2.65. The Morgan fingerprint density at radius 1 is 1.43 bits per heavy atom. The van der Waals surface area contributed by atoms with Crippen molar-refractivity contribution >= 4 is 29.0 Å². The minimum Gasteiger partial charge on any atom is -0.476 e. The highest BCUT2D eigenvalue weighted by atomic mass is 32.1. The summed E-state index contributed by atoms with van der Waals surface area (Å²) in [6.07, 6.45) is 0.709. The number of carbonyl (C=O) groups excluding carboxylic acids is 2. The predicted molar refractivity (Wildman–Crippen MR) is 82.7 cm³/mol. The molecule has 0 bridgehead atoms. The maximum absolute atomic E-state index is 12.4. The van der Waals surface area contributed by atoms with Crippen molar-refractivity contribution in [3.05, 3.63) is 38.8 Å². The highest BCUT2D eigenvalue weighted by Crippen LogP contribution is 2.22. The number of aromatic amines is 1. The van der Waals surface area contributed by atoms with Crippen LogP contribution >= 0.6 is 11.3 Å². The van der Waals surface area contributed by atoms with Gasteiger partial charge in [-0.15, -0.1) is 11.3 Å². The van der Waals surface area contributed by atoms with E-state index in [-0.39, 0.29) is 23.8 Å². The zero-order valence-electron chi connectivity index (χ0n) is 12.5. The van der Waals surface area contributed by atoms with Crippen LogP contribution in [0.5, 0.6) is 0 Å². The standard InChI is InChI=1S/C15H15N3O4S/c1-8(19)12-4-9(7-23-12)5-13(20)18-3-2-10-11(6-18)16-17-14(10)15(21)22/h4,7H,2-3,5-6H2,1H3,(H,16,17)(H,21,22). The van der Waals surface area contributed by atoms with Crippen molar-refractivity contribution in [2.24, 2.45) is 0 Å². The molecule has 1 amide bonds. The zero-order chi connectivity index (χ0) is 16.6. The molecule has 0 fully saturated rings. The van der Waals surface area contributed by atoms with Crippen LogP contribution in [0.3, 0.4) is 0 Å². The van der Waals surface area contributed by atoms with Gasteiger partial charge >= 0.3 is 5.97 Å². The highest BCUT2D eigenvalue weighted by Gasteiger charge is 2.27. The van der Waals surface area contributed by atoms with E-state index in [1.54, 1.807) is 11.0 Å². The fraction of sp³-hybridized carbons (Fsp3) is 0.333. The summed E-state index contributed by atoms with van der Waals surface area (Å²) in [5.41, 5.74) is 2.22. The molecule has 2 aromatic heterocycles. The van der Waals surface area contributed by atoms with Crippen LogP contribution < -0.4 is 0 Å². The van der Waals surface area contributed by atoms with Gasteiger partial charge in [0.05, 0.1) is 23.5 Å². The van der Waals surface area contributed by atoms with E-state index in [2.05, 4.69) is 10.2 Å². The number of aromatic carboxylic acids is 1. The first-order chi connectivity index (χ1) is 11.0. The van der Waals surface area contributed by atoms with Crippen molar-refractivity contribution < 1.29 is 19.5 Å². The molecule has 2 N–H and O–H groups in total. The van der Waals surface area contributed by atoms with Crippen LogP contribution in [0.1, 0.15) is 43.9 Å². The van der Waals surface area contributed by atoms with E-state index >= 15 is 0 Å². The number of hydrogen-bond donors (Lipinski definition) is 2. The number of fused-ring (bicyclic) bond motifs is 1. The maximum atomic E-state index is 12.4. The number of nitrogens with zero attached hydrogens (tertiary/aromatic N) is 2. The van der Waals surface area contributed by atoms with E-state index in [0.29, 0.717) is 35.6 Å². The summed E-state index contributed by atoms with van der Waals surface area (Å²) < 4.78 is 0. The summed E-state index contributed by atoms with van der Waals surface area (Å²) in [6, 6.07) is 1.75. The monoisotopic (exact) mass is 333 g/mol. The average molecular weight is 333 g/mol. The molecule has 3 heterocycles. The molecule has 0 radical (unpaired) electrons. The van der Waals surface area contributed by atoms with E-state index < -0.39 is 5.97 Å². The first-order valence-corrected chi connectivity index (χ1v) is 7.99. The Labute approximate surface area is 135 Å². The quantitative estimate of drug-likeness (QED) is 0.825. The van der Waals surface area contributed by atoms with Crippen molar-refractivity contribution in [2.45, 2.75) is 26.3 Å². The van der Waals surface area contributed by atoms with Gasteiger partial charge in [0.2, 0.25) is 5.91 Å². The summed E-state index contributed by atoms with van der Waals surface area (Å²) in [6.45, 7) is 2.30. The van der Waals surface area contributed by atoms with Crippen molar-refractivity contribution in [1.82, 2.24) is 15.1 Å². The zero-order valence-corrected chi connectivity index (χ0v) is 13.3. The SMILES string of the molecule is CC(=O)c1cc(CC(=O)N2CCc3c(C(=O)O)n[nH]c3C2)cs1. The van der Waals surface area contributed by atoms with Gasteiger partial charge < -0.3 is 10.0 Å². The molecule has 3 rings (SSSR count). The smallest absolute Gasteiger partial charge is 0.356 e. The van der Waals surface area contributed by atoms with Crippen LogP contribution in [0.15, 0.2) is 11.4 Å². The number of ketones is 1. The number of rotatable bonds is 4. The number of aromatic nitrogens is 2. The lowest BCUT2D eigenvalue weighted by Crippen LogP contribution is -2.37. The van der Waals surface area contributed by atoms with Gasteiger partial charge in [-0.05, 0) is 30.4 Å². The van der Waals surface area contributed by atoms with Gasteiger partial charge in [0.15, 0.2) is 11.5 Å². The Kier molecular flexibility index (Phi) is 3.99. The largest absolute Gasteiger partial charge is 0.476 e. The van der Waals surface area contributed by atoms with Crippen molar-refractivity contribution in [3.63, 3.8) is 0 Å². The summed E-state index contributed by atoms with van der Waals surface area (Å²) in [7, 11) is 0. The van der Waals surface area contributed by atoms with E-state index in [0.717, 1.165) is 5.56 Å². The first-order valence-electron chi connectivity index (χ1n) is 7.11. The lowest BCUT2D eigenvalue weighted by molar-refractivity contribution is -0.131. The molecule has 120 valence electrons. The molecule has 8 heteroatoms. The number of hydrogen-bond acceptors (Lipinski definition) is 5. The molecule has 0 aliphatic carbocycles. The van der Waals surface area contributed by atoms with Crippen LogP contribution in [-0.4, -0.2) is 44.4 Å². The van der Waals surface area contributed by atoms with Crippen molar-refractivity contribution in [3.8, 4) is 0 Å². The Morgan fingerprint density at radius 3 is 2.87 bits per heavy atom. The van der Waals surface area contributed by atoms with E-state index in [1.807, 2.05) is 5.38 Å². The average Bonchev–Trinajstić information content (AvgIpc) is 3.12. The van der Waals surface area contributed by atoms with Crippen LogP contribution in [0.25, 0.3) is 0 Å². The summed E-state index contributed by atoms with van der Waals surface area (Å²) in [5.74, 6) is -1.11. The second kappa shape index (κ2) is 5.96. The molecule has 0 saturated heterocycles. The number of Topliss-reactive ketones (excluding diaryl/α,β-unsaturated/α-hetero) is 1. The van der Waals surface area contributed by atoms with Gasteiger partial charge in [0, 0.05) is 12.1 Å². The molecule has 0 spiro atoms. The summed E-state index contributed by atoms with van der Waals surface area (Å²) in [4.78, 5) is 37.1. The number of carboxylic acids is 1. The van der Waals surface area contributed by atoms with Gasteiger partial charge in [0.25, 0.3) is 0 Å². The molecule has 2 aromatic rings. The number of H-pyrrole nitrogens is 1. The minimum absolute atomic E-state index is 0.00465. The third kappa shape index (κ3) is 3.02. The van der Waals surface area contributed by atoms with Gasteiger partial charge in [-0.25, -0.2) is 4.79 Å². The number of carboxylic acid groups (broad SMARTS) is 1. The lowest BCUT2D eigenvalue weighted by Gasteiger charge is -2.26. The molecular formula is C15H15N3O4S. The second-order valence-corrected chi connectivity index (χ2v) is 6.36. The maximum Gasteiger partial charge on any atom is 0.356 e. The van der Waals surface area contributed by atoms with E-state index in [4.69, 9.17) is 5.11 Å². The van der Waals surface area contributed by atoms with Crippen LogP contribution in [0.2, 0.25) is 0 Å². The predicted octanol–water partition coefficient (Wildman–Crippen LogP) is 1.50. The van der Waals surface area contributed by atoms with Gasteiger partial charge in [-0.1, -0.05) is 0 Å². The van der Waals surface area contributed by atoms with Crippen LogP contribution in [-0.2, 0) is 24.2 Å². The molecule has 0 aromatic carbocycles. The van der Waals surface area contributed by atoms with Gasteiger partial charge in [-0.3, -0.25) is 14.7 Å². The molecule has 0 unspecified atom stereocenters. The number of carbonyl (C=O) groups is 3. The topological polar surface area (TPSA) is 103 Å². The van der Waals surface area contributed by atoms with Crippen molar-refractivity contribution in [2.75, 3.05) is 6.54 Å². The van der Waals surface area contributed by atoms with E-state index in [1.165, 1.54) is 18.3 Å². The highest BCUT2D eigenvalue weighted by molar-refractivity contribution is 7.12. The van der Waals surface area contributed by atoms with Crippen LogP contribution in [0, 0.1) is 0 Å².